The fourth-order valence-electron chi connectivity index (χ4n) is 3.02. The number of amides is 1. The number of aryl methyl sites for hydroxylation is 1. The molecule has 1 atom stereocenters. The molecule has 1 aromatic rings. The van der Waals surface area contributed by atoms with Crippen molar-refractivity contribution in [1.82, 2.24) is 15.1 Å². The second kappa shape index (κ2) is 7.02. The van der Waals surface area contributed by atoms with Gasteiger partial charge >= 0.3 is 0 Å². The molecular weight excluding hydrogens is 310 g/mol. The molecule has 1 N–H and O–H groups in total. The molecule has 2 aliphatic rings. The Morgan fingerprint density at radius 2 is 2.17 bits per heavy atom. The summed E-state index contributed by atoms with van der Waals surface area (Å²) in [4.78, 5) is 31.0. The molecule has 2 aliphatic heterocycles. The number of nitrogens with zero attached hydrogens (tertiary/aromatic N) is 4. The first-order valence-electron chi connectivity index (χ1n) is 8.28. The Balaban J connectivity index is 1.44. The van der Waals surface area contributed by atoms with Gasteiger partial charge in [0.2, 0.25) is 6.10 Å². The summed E-state index contributed by atoms with van der Waals surface area (Å²) in [7, 11) is 1.64. The van der Waals surface area contributed by atoms with E-state index < -0.39 is 6.10 Å². The number of oxime groups is 1. The lowest BCUT2D eigenvalue weighted by Gasteiger charge is -2.33. The Bertz CT molecular complexity index is 691. The molecule has 8 nitrogen and oxygen atoms in total. The van der Waals surface area contributed by atoms with E-state index in [4.69, 9.17) is 4.84 Å². The molecule has 24 heavy (non-hydrogen) atoms. The highest BCUT2D eigenvalue weighted by molar-refractivity contribution is 5.91. The normalized spacial score (nSPS) is 21.3. The van der Waals surface area contributed by atoms with Crippen LogP contribution in [-0.2, 0) is 16.7 Å². The van der Waals surface area contributed by atoms with Crippen molar-refractivity contribution in [3.63, 3.8) is 0 Å². The summed E-state index contributed by atoms with van der Waals surface area (Å²) < 4.78 is 1.32. The molecule has 0 bridgehead atoms. The zero-order chi connectivity index (χ0) is 17.1. The predicted octanol–water partition coefficient (Wildman–Crippen LogP) is 0.278. The van der Waals surface area contributed by atoms with Crippen LogP contribution in [0.3, 0.4) is 0 Å². The Labute approximate surface area is 140 Å². The van der Waals surface area contributed by atoms with Crippen molar-refractivity contribution in [2.24, 2.45) is 18.1 Å². The van der Waals surface area contributed by atoms with Crippen molar-refractivity contribution in [3.05, 3.63) is 22.6 Å². The van der Waals surface area contributed by atoms with Crippen molar-refractivity contribution in [1.29, 1.82) is 0 Å². The topological polar surface area (TPSA) is 88.8 Å². The molecule has 0 saturated carbocycles. The second-order valence-electron chi connectivity index (χ2n) is 6.48. The molecular formula is C16H23N5O3. The fourth-order valence-corrected chi connectivity index (χ4v) is 3.02. The highest BCUT2D eigenvalue weighted by Gasteiger charge is 2.27. The molecule has 0 radical (unpaired) electrons. The van der Waals surface area contributed by atoms with Crippen molar-refractivity contribution in [3.8, 4) is 0 Å². The van der Waals surface area contributed by atoms with Crippen LogP contribution < -0.4 is 15.8 Å². The Hall–Kier alpha value is -2.38. The van der Waals surface area contributed by atoms with Crippen LogP contribution in [0.1, 0.15) is 26.2 Å². The van der Waals surface area contributed by atoms with Crippen LogP contribution in [0.15, 0.2) is 22.2 Å². The quantitative estimate of drug-likeness (QED) is 0.855. The smallest absolute Gasteiger partial charge is 0.268 e. The lowest BCUT2D eigenvalue weighted by atomic mass is 9.96. The maximum Gasteiger partial charge on any atom is 0.268 e. The predicted molar refractivity (Wildman–Crippen MR) is 90.0 cm³/mol. The van der Waals surface area contributed by atoms with E-state index in [1.165, 1.54) is 4.68 Å². The van der Waals surface area contributed by atoms with Gasteiger partial charge in [0.25, 0.3) is 11.5 Å². The van der Waals surface area contributed by atoms with E-state index in [1.54, 1.807) is 19.3 Å². The number of nitrogens with one attached hydrogen (secondary N) is 1. The maximum absolute atomic E-state index is 12.0. The first-order valence-corrected chi connectivity index (χ1v) is 8.28. The highest BCUT2D eigenvalue weighted by Crippen LogP contribution is 2.21. The minimum Gasteiger partial charge on any atom is -0.382 e. The monoisotopic (exact) mass is 333 g/mol. The summed E-state index contributed by atoms with van der Waals surface area (Å²) >= 11 is 0. The van der Waals surface area contributed by atoms with Gasteiger partial charge in [0.1, 0.15) is 0 Å². The maximum atomic E-state index is 12.0. The molecule has 130 valence electrons. The van der Waals surface area contributed by atoms with Crippen molar-refractivity contribution < 1.29 is 9.63 Å². The molecule has 0 spiro atoms. The lowest BCUT2D eigenvalue weighted by Crippen LogP contribution is -2.42. The third-order valence-corrected chi connectivity index (χ3v) is 4.61. The summed E-state index contributed by atoms with van der Waals surface area (Å²) in [5.74, 6) is 0.349. The SMILES string of the molecule is CC1=NO[C@H](C(=O)NCC2CCN(c3cnn(C)c(=O)c3)CC2)C1. The van der Waals surface area contributed by atoms with Gasteiger partial charge in [0.05, 0.1) is 17.6 Å². The number of hydrogen-bond acceptors (Lipinski definition) is 6. The van der Waals surface area contributed by atoms with Crippen LogP contribution in [0.5, 0.6) is 0 Å². The zero-order valence-corrected chi connectivity index (χ0v) is 14.1. The fraction of sp³-hybridized carbons (Fsp3) is 0.625. The Kier molecular flexibility index (Phi) is 4.82. The van der Waals surface area contributed by atoms with Crippen LogP contribution in [0.4, 0.5) is 5.69 Å². The summed E-state index contributed by atoms with van der Waals surface area (Å²) in [6.45, 7) is 4.23. The number of rotatable bonds is 4. The first-order chi connectivity index (χ1) is 11.5. The number of carbonyl (C=O) groups is 1. The third-order valence-electron chi connectivity index (χ3n) is 4.61. The van der Waals surface area contributed by atoms with Gasteiger partial charge in [-0.3, -0.25) is 9.59 Å². The molecule has 0 unspecified atom stereocenters. The van der Waals surface area contributed by atoms with Gasteiger partial charge in [-0.1, -0.05) is 5.16 Å². The van der Waals surface area contributed by atoms with E-state index in [9.17, 15) is 9.59 Å². The number of hydrogen-bond donors (Lipinski definition) is 1. The van der Waals surface area contributed by atoms with Gasteiger partial charge in [-0.2, -0.15) is 5.10 Å². The van der Waals surface area contributed by atoms with Crippen LogP contribution in [-0.4, -0.2) is 47.1 Å². The standard InChI is InChI=1S/C16H23N5O3/c1-11-7-14(24-19-11)16(23)17-9-12-3-5-21(6-4-12)13-8-15(22)20(2)18-10-13/h8,10,12,14H,3-7,9H2,1-2H3,(H,17,23)/t14-/m0/s1. The summed E-state index contributed by atoms with van der Waals surface area (Å²) in [6, 6.07) is 1.62. The van der Waals surface area contributed by atoms with Gasteiger partial charge in [-0.05, 0) is 25.7 Å². The van der Waals surface area contributed by atoms with Gasteiger partial charge in [0, 0.05) is 39.2 Å². The molecule has 3 rings (SSSR count). The average Bonchev–Trinajstić information content (AvgIpc) is 3.02. The zero-order valence-electron chi connectivity index (χ0n) is 14.1. The Morgan fingerprint density at radius 1 is 1.42 bits per heavy atom. The molecule has 8 heteroatoms. The molecule has 0 aromatic carbocycles. The number of aromatic nitrogens is 2. The van der Waals surface area contributed by atoms with Crippen LogP contribution in [0.25, 0.3) is 0 Å². The first kappa shape index (κ1) is 16.5. The summed E-state index contributed by atoms with van der Waals surface area (Å²) in [5, 5.41) is 10.8. The van der Waals surface area contributed by atoms with Crippen molar-refractivity contribution in [2.45, 2.75) is 32.3 Å². The minimum absolute atomic E-state index is 0.0891. The number of piperidine rings is 1. The highest BCUT2D eigenvalue weighted by atomic mass is 16.6. The number of carbonyl (C=O) groups excluding carboxylic acids is 1. The summed E-state index contributed by atoms with van der Waals surface area (Å²) in [6.07, 6.45) is 3.76. The summed E-state index contributed by atoms with van der Waals surface area (Å²) in [5.41, 5.74) is 1.62. The molecule has 3 heterocycles. The van der Waals surface area contributed by atoms with Gasteiger partial charge in [0.15, 0.2) is 0 Å². The minimum atomic E-state index is -0.475. The van der Waals surface area contributed by atoms with Crippen molar-refractivity contribution in [2.75, 3.05) is 24.5 Å². The molecule has 1 fully saturated rings. The van der Waals surface area contributed by atoms with Crippen molar-refractivity contribution >= 4 is 17.3 Å². The van der Waals surface area contributed by atoms with E-state index in [0.29, 0.717) is 18.9 Å². The molecule has 1 aromatic heterocycles. The molecule has 0 aliphatic carbocycles. The largest absolute Gasteiger partial charge is 0.382 e. The van der Waals surface area contributed by atoms with E-state index in [2.05, 4.69) is 20.5 Å². The Morgan fingerprint density at radius 3 is 2.79 bits per heavy atom. The second-order valence-corrected chi connectivity index (χ2v) is 6.48. The number of anilines is 1. The molecule has 1 saturated heterocycles. The van der Waals surface area contributed by atoms with Crippen LogP contribution in [0, 0.1) is 5.92 Å². The average molecular weight is 333 g/mol. The lowest BCUT2D eigenvalue weighted by molar-refractivity contribution is -0.131. The van der Waals surface area contributed by atoms with Gasteiger partial charge in [-0.25, -0.2) is 4.68 Å². The van der Waals surface area contributed by atoms with Gasteiger partial charge in [-0.15, -0.1) is 0 Å². The van der Waals surface area contributed by atoms with E-state index in [1.807, 2.05) is 6.92 Å². The molecule has 1 amide bonds. The van der Waals surface area contributed by atoms with Gasteiger partial charge < -0.3 is 15.1 Å². The van der Waals surface area contributed by atoms with E-state index >= 15 is 0 Å². The van der Waals surface area contributed by atoms with E-state index in [0.717, 1.165) is 37.3 Å². The van der Waals surface area contributed by atoms with Crippen LogP contribution in [0.2, 0.25) is 0 Å². The van der Waals surface area contributed by atoms with Crippen LogP contribution >= 0.6 is 0 Å². The van der Waals surface area contributed by atoms with E-state index in [-0.39, 0.29) is 11.5 Å². The third kappa shape index (κ3) is 3.74.